The van der Waals surface area contributed by atoms with Crippen molar-refractivity contribution in [1.29, 1.82) is 0 Å². The quantitative estimate of drug-likeness (QED) is 0.728. The van der Waals surface area contributed by atoms with Crippen LogP contribution in [0.3, 0.4) is 0 Å². The van der Waals surface area contributed by atoms with Crippen LogP contribution in [0, 0.1) is 11.3 Å². The van der Waals surface area contributed by atoms with Gasteiger partial charge in [-0.05, 0) is 39.0 Å². The fraction of sp³-hybridized carbons (Fsp3) is 0.917. The second-order valence-corrected chi connectivity index (χ2v) is 5.07. The van der Waals surface area contributed by atoms with Gasteiger partial charge in [-0.2, -0.15) is 0 Å². The lowest BCUT2D eigenvalue weighted by molar-refractivity contribution is -0.131. The molecule has 0 aromatic rings. The van der Waals surface area contributed by atoms with Gasteiger partial charge >= 0.3 is 0 Å². The lowest BCUT2D eigenvalue weighted by Gasteiger charge is -2.34. The van der Waals surface area contributed by atoms with Crippen LogP contribution >= 0.6 is 0 Å². The molecule has 1 amide bonds. The number of carbonyl (C=O) groups excluding carboxylic acids is 1. The third-order valence-corrected chi connectivity index (χ3v) is 3.99. The molecular weight excluding hydrogens is 188 g/mol. The van der Waals surface area contributed by atoms with Gasteiger partial charge in [0.1, 0.15) is 0 Å². The molecule has 0 spiro atoms. The van der Waals surface area contributed by atoms with E-state index in [9.17, 15) is 4.79 Å². The van der Waals surface area contributed by atoms with Crippen molar-refractivity contribution in [3.05, 3.63) is 0 Å². The molecule has 0 aliphatic heterocycles. The Morgan fingerprint density at radius 1 is 1.60 bits per heavy atom. The third kappa shape index (κ3) is 2.71. The predicted octanol–water partition coefficient (Wildman–Crippen LogP) is 1.67. The topological polar surface area (TPSA) is 55.1 Å². The number of carbonyl (C=O) groups is 1. The van der Waals surface area contributed by atoms with Gasteiger partial charge in [0.05, 0.1) is 5.41 Å². The Morgan fingerprint density at radius 3 is 2.53 bits per heavy atom. The van der Waals surface area contributed by atoms with Gasteiger partial charge in [-0.25, -0.2) is 0 Å². The van der Waals surface area contributed by atoms with E-state index >= 15 is 0 Å². The highest BCUT2D eigenvalue weighted by atomic mass is 16.2. The highest BCUT2D eigenvalue weighted by molar-refractivity contribution is 5.82. The molecule has 1 rings (SSSR count). The van der Waals surface area contributed by atoms with E-state index in [1.54, 1.807) is 0 Å². The number of hydrogen-bond acceptors (Lipinski definition) is 2. The zero-order valence-electron chi connectivity index (χ0n) is 10.2. The maximum Gasteiger partial charge on any atom is 0.227 e. The Labute approximate surface area is 92.8 Å². The zero-order valence-corrected chi connectivity index (χ0v) is 10.2. The van der Waals surface area contributed by atoms with E-state index in [4.69, 9.17) is 5.73 Å². The van der Waals surface area contributed by atoms with Crippen LogP contribution in [-0.4, -0.2) is 18.5 Å². The van der Waals surface area contributed by atoms with Gasteiger partial charge in [0, 0.05) is 12.6 Å². The molecule has 3 N–H and O–H groups in total. The van der Waals surface area contributed by atoms with Gasteiger partial charge in [-0.1, -0.05) is 13.3 Å². The van der Waals surface area contributed by atoms with Crippen molar-refractivity contribution in [2.45, 2.75) is 52.5 Å². The molecular formula is C12H24N2O. The van der Waals surface area contributed by atoms with Crippen LogP contribution in [0.1, 0.15) is 46.5 Å². The average molecular weight is 212 g/mol. The Kier molecular flexibility index (Phi) is 4.14. The molecule has 15 heavy (non-hydrogen) atoms. The van der Waals surface area contributed by atoms with Gasteiger partial charge in [0.15, 0.2) is 0 Å². The molecule has 3 nitrogen and oxygen atoms in total. The zero-order chi connectivity index (χ0) is 11.5. The number of amides is 1. The van der Waals surface area contributed by atoms with Crippen LogP contribution in [0.15, 0.2) is 0 Å². The van der Waals surface area contributed by atoms with Crippen LogP contribution in [0.25, 0.3) is 0 Å². The van der Waals surface area contributed by atoms with E-state index in [-0.39, 0.29) is 5.91 Å². The highest BCUT2D eigenvalue weighted by Crippen LogP contribution is 2.30. The van der Waals surface area contributed by atoms with Crippen molar-refractivity contribution in [2.24, 2.45) is 17.1 Å². The first-order valence-corrected chi connectivity index (χ1v) is 6.04. The van der Waals surface area contributed by atoms with Gasteiger partial charge in [0.2, 0.25) is 5.91 Å². The molecule has 1 aliphatic rings. The minimum atomic E-state index is -0.391. The second-order valence-electron chi connectivity index (χ2n) is 5.07. The van der Waals surface area contributed by atoms with Crippen molar-refractivity contribution >= 4 is 5.91 Å². The Balaban J connectivity index is 2.45. The van der Waals surface area contributed by atoms with Crippen molar-refractivity contribution in [2.75, 3.05) is 6.54 Å². The summed E-state index contributed by atoms with van der Waals surface area (Å²) in [5.74, 6) is 0.805. The van der Waals surface area contributed by atoms with Gasteiger partial charge < -0.3 is 11.1 Å². The smallest absolute Gasteiger partial charge is 0.227 e. The summed E-state index contributed by atoms with van der Waals surface area (Å²) in [6, 6.07) is 0.309. The number of nitrogens with two attached hydrogens (primary N) is 1. The van der Waals surface area contributed by atoms with Crippen molar-refractivity contribution in [1.82, 2.24) is 5.32 Å². The summed E-state index contributed by atoms with van der Waals surface area (Å²) in [5, 5.41) is 3.11. The molecule has 0 saturated heterocycles. The molecule has 2 unspecified atom stereocenters. The summed E-state index contributed by atoms with van der Waals surface area (Å²) in [5.41, 5.74) is 5.27. The molecule has 2 atom stereocenters. The molecule has 1 saturated carbocycles. The SMILES string of the molecule is CCC(C)(CN)C(=O)NC(C)C1CCC1. The molecule has 88 valence electrons. The summed E-state index contributed by atoms with van der Waals surface area (Å²) in [7, 11) is 0. The van der Waals surface area contributed by atoms with Crippen molar-refractivity contribution in [3.63, 3.8) is 0 Å². The average Bonchev–Trinajstić information content (AvgIpc) is 2.13. The highest BCUT2D eigenvalue weighted by Gasteiger charge is 2.33. The summed E-state index contributed by atoms with van der Waals surface area (Å²) >= 11 is 0. The largest absolute Gasteiger partial charge is 0.353 e. The predicted molar refractivity (Wildman–Crippen MR) is 62.4 cm³/mol. The van der Waals surface area contributed by atoms with E-state index in [0.717, 1.165) is 6.42 Å². The molecule has 0 radical (unpaired) electrons. The van der Waals surface area contributed by atoms with Gasteiger partial charge in [-0.3, -0.25) is 4.79 Å². The first-order chi connectivity index (χ1) is 7.03. The minimum absolute atomic E-state index is 0.117. The standard InChI is InChI=1S/C12H24N2O/c1-4-12(3,8-13)11(15)14-9(2)10-6-5-7-10/h9-10H,4-8,13H2,1-3H3,(H,14,15). The first-order valence-electron chi connectivity index (χ1n) is 6.04. The number of rotatable bonds is 5. The maximum absolute atomic E-state index is 12.0. The Bertz CT molecular complexity index is 220. The summed E-state index contributed by atoms with van der Waals surface area (Å²) in [6.45, 7) is 6.48. The normalized spacial score (nSPS) is 22.7. The van der Waals surface area contributed by atoms with E-state index < -0.39 is 5.41 Å². The van der Waals surface area contributed by atoms with Crippen LogP contribution in [0.2, 0.25) is 0 Å². The lowest BCUT2D eigenvalue weighted by Crippen LogP contribution is -2.49. The Hall–Kier alpha value is -0.570. The number of hydrogen-bond donors (Lipinski definition) is 2. The molecule has 0 aromatic carbocycles. The van der Waals surface area contributed by atoms with E-state index in [1.807, 2.05) is 13.8 Å². The summed E-state index contributed by atoms with van der Waals surface area (Å²) < 4.78 is 0. The van der Waals surface area contributed by atoms with Gasteiger partial charge in [0.25, 0.3) is 0 Å². The monoisotopic (exact) mass is 212 g/mol. The fourth-order valence-corrected chi connectivity index (χ4v) is 1.84. The second kappa shape index (κ2) is 4.97. The van der Waals surface area contributed by atoms with Crippen molar-refractivity contribution in [3.8, 4) is 0 Å². The lowest BCUT2D eigenvalue weighted by atomic mass is 9.79. The summed E-state index contributed by atoms with van der Waals surface area (Å²) in [4.78, 5) is 12.0. The van der Waals surface area contributed by atoms with Crippen LogP contribution in [0.4, 0.5) is 0 Å². The van der Waals surface area contributed by atoms with Crippen LogP contribution in [-0.2, 0) is 4.79 Å². The first kappa shape index (κ1) is 12.5. The number of nitrogens with one attached hydrogen (secondary N) is 1. The van der Waals surface area contributed by atoms with E-state index in [0.29, 0.717) is 18.5 Å². The molecule has 1 aliphatic carbocycles. The van der Waals surface area contributed by atoms with Gasteiger partial charge in [-0.15, -0.1) is 0 Å². The van der Waals surface area contributed by atoms with E-state index in [1.165, 1.54) is 19.3 Å². The Morgan fingerprint density at radius 2 is 2.20 bits per heavy atom. The van der Waals surface area contributed by atoms with Crippen LogP contribution < -0.4 is 11.1 Å². The van der Waals surface area contributed by atoms with E-state index in [2.05, 4.69) is 12.2 Å². The molecule has 0 aromatic heterocycles. The summed E-state index contributed by atoms with van der Waals surface area (Å²) in [6.07, 6.45) is 4.62. The minimum Gasteiger partial charge on any atom is -0.353 e. The maximum atomic E-state index is 12.0. The van der Waals surface area contributed by atoms with Crippen molar-refractivity contribution < 1.29 is 4.79 Å². The van der Waals surface area contributed by atoms with Crippen LogP contribution in [0.5, 0.6) is 0 Å². The molecule has 0 heterocycles. The fourth-order valence-electron chi connectivity index (χ4n) is 1.84. The molecule has 0 bridgehead atoms. The third-order valence-electron chi connectivity index (χ3n) is 3.99. The molecule has 1 fully saturated rings. The molecule has 3 heteroatoms.